The molecule has 2 aromatic carbocycles. The Balaban J connectivity index is 1.66. The highest BCUT2D eigenvalue weighted by Gasteiger charge is 2.29. The van der Waals surface area contributed by atoms with Crippen molar-refractivity contribution in [1.82, 2.24) is 10.2 Å². The molecule has 0 spiro atoms. The molecule has 0 unspecified atom stereocenters. The number of alkyl halides is 3. The zero-order valence-electron chi connectivity index (χ0n) is 14.3. The number of hydrogen-bond donors (Lipinski definition) is 0. The molecule has 0 fully saturated rings. The molecule has 0 aliphatic carbocycles. The minimum atomic E-state index is -4.30. The average Bonchev–Trinajstić information content (AvgIpc) is 2.60. The number of thioether (sulfide) groups is 1. The van der Waals surface area contributed by atoms with Crippen LogP contribution in [0.15, 0.2) is 59.6 Å². The summed E-state index contributed by atoms with van der Waals surface area (Å²) >= 11 is 1.44. The number of benzene rings is 2. The van der Waals surface area contributed by atoms with Crippen LogP contribution >= 0.6 is 11.8 Å². The third-order valence-corrected chi connectivity index (χ3v) is 4.96. The van der Waals surface area contributed by atoms with Gasteiger partial charge in [0.15, 0.2) is 0 Å². The maximum absolute atomic E-state index is 12.6. The Hall–Kier alpha value is -2.34. The van der Waals surface area contributed by atoms with E-state index in [0.29, 0.717) is 5.75 Å². The molecule has 1 aromatic heterocycles. The molecule has 26 heavy (non-hydrogen) atoms. The highest BCUT2D eigenvalue weighted by Crippen LogP contribution is 2.30. The first kappa shape index (κ1) is 18.5. The van der Waals surface area contributed by atoms with Crippen molar-refractivity contribution in [3.05, 3.63) is 76.9 Å². The Morgan fingerprint density at radius 3 is 2.19 bits per heavy atom. The number of halogens is 3. The molecule has 134 valence electrons. The van der Waals surface area contributed by atoms with Crippen LogP contribution in [0.3, 0.4) is 0 Å². The van der Waals surface area contributed by atoms with Crippen LogP contribution in [0.25, 0.3) is 11.3 Å². The molecule has 0 atom stereocenters. The lowest BCUT2D eigenvalue weighted by molar-refractivity contribution is -0.137. The summed E-state index contributed by atoms with van der Waals surface area (Å²) in [5.74, 6) is 0.537. The van der Waals surface area contributed by atoms with Crippen molar-refractivity contribution in [2.24, 2.45) is 0 Å². The smallest absolute Gasteiger partial charge is 0.166 e. The van der Waals surface area contributed by atoms with Crippen LogP contribution in [0.4, 0.5) is 13.2 Å². The van der Waals surface area contributed by atoms with Gasteiger partial charge < -0.3 is 0 Å². The van der Waals surface area contributed by atoms with Gasteiger partial charge in [0.05, 0.1) is 11.3 Å². The summed E-state index contributed by atoms with van der Waals surface area (Å²) in [6, 6.07) is 15.2. The summed E-state index contributed by atoms with van der Waals surface area (Å²) in [6.07, 6.45) is -4.30. The van der Waals surface area contributed by atoms with Gasteiger partial charge in [0.2, 0.25) is 0 Å². The average molecular weight is 374 g/mol. The van der Waals surface area contributed by atoms with Crippen molar-refractivity contribution in [3.63, 3.8) is 0 Å². The van der Waals surface area contributed by atoms with E-state index in [1.807, 2.05) is 38.1 Å². The van der Waals surface area contributed by atoms with E-state index in [2.05, 4.69) is 16.3 Å². The summed E-state index contributed by atoms with van der Waals surface area (Å²) in [5, 5.41) is 9.24. The highest BCUT2D eigenvalue weighted by atomic mass is 32.2. The number of aryl methyl sites for hydroxylation is 2. The molecule has 6 heteroatoms. The lowest BCUT2D eigenvalue weighted by Gasteiger charge is -2.08. The van der Waals surface area contributed by atoms with Crippen LogP contribution in [-0.4, -0.2) is 10.2 Å². The maximum atomic E-state index is 12.6. The summed E-state index contributed by atoms with van der Waals surface area (Å²) in [7, 11) is 0. The molecule has 0 bridgehead atoms. The number of rotatable bonds is 4. The minimum Gasteiger partial charge on any atom is -0.166 e. The van der Waals surface area contributed by atoms with E-state index in [-0.39, 0.29) is 0 Å². The zero-order valence-corrected chi connectivity index (χ0v) is 15.2. The molecular weight excluding hydrogens is 357 g/mol. The van der Waals surface area contributed by atoms with Gasteiger partial charge in [0.1, 0.15) is 5.03 Å². The quantitative estimate of drug-likeness (QED) is 0.518. The van der Waals surface area contributed by atoms with Crippen LogP contribution in [0.5, 0.6) is 0 Å². The van der Waals surface area contributed by atoms with Gasteiger partial charge in [-0.25, -0.2) is 0 Å². The van der Waals surface area contributed by atoms with Crippen molar-refractivity contribution in [2.75, 3.05) is 0 Å². The molecule has 0 aliphatic heterocycles. The van der Waals surface area contributed by atoms with Gasteiger partial charge in [-0.3, -0.25) is 0 Å². The lowest BCUT2D eigenvalue weighted by atomic mass is 10.0. The van der Waals surface area contributed by atoms with Gasteiger partial charge in [-0.2, -0.15) is 13.2 Å². The Labute approximate surface area is 154 Å². The van der Waals surface area contributed by atoms with Crippen molar-refractivity contribution in [2.45, 2.75) is 30.8 Å². The monoisotopic (exact) mass is 374 g/mol. The molecule has 3 rings (SSSR count). The number of aromatic nitrogens is 2. The van der Waals surface area contributed by atoms with Gasteiger partial charge in [0.25, 0.3) is 0 Å². The normalized spacial score (nSPS) is 11.6. The predicted octanol–water partition coefficient (Wildman–Crippen LogP) is 6.07. The Morgan fingerprint density at radius 1 is 0.885 bits per heavy atom. The van der Waals surface area contributed by atoms with Gasteiger partial charge in [-0.05, 0) is 49.2 Å². The molecule has 0 saturated carbocycles. The first-order chi connectivity index (χ1) is 12.3. The van der Waals surface area contributed by atoms with Crippen molar-refractivity contribution < 1.29 is 13.2 Å². The fourth-order valence-electron chi connectivity index (χ4n) is 2.59. The van der Waals surface area contributed by atoms with Crippen molar-refractivity contribution >= 4 is 11.8 Å². The minimum absolute atomic E-state index is 0.537. The summed E-state index contributed by atoms with van der Waals surface area (Å²) in [4.78, 5) is 0. The summed E-state index contributed by atoms with van der Waals surface area (Å²) in [6.45, 7) is 4.08. The van der Waals surface area contributed by atoms with E-state index in [4.69, 9.17) is 0 Å². The summed E-state index contributed by atoms with van der Waals surface area (Å²) in [5.41, 5.74) is 4.36. The standard InChI is InChI=1S/C20H17F3N2S/c1-13-3-8-17(14(2)11-13)18-9-10-19(25-24-18)26-12-15-4-6-16(7-5-15)20(21,22)23/h3-11H,12H2,1-2H3. The van der Waals surface area contributed by atoms with Gasteiger partial charge in [-0.1, -0.05) is 47.7 Å². The second-order valence-corrected chi connectivity index (χ2v) is 7.05. The Bertz CT molecular complexity index is 888. The fourth-order valence-corrected chi connectivity index (χ4v) is 3.36. The van der Waals surface area contributed by atoms with E-state index in [9.17, 15) is 13.2 Å². The maximum Gasteiger partial charge on any atom is 0.416 e. The molecule has 0 amide bonds. The van der Waals surface area contributed by atoms with Crippen LogP contribution in [-0.2, 0) is 11.9 Å². The van der Waals surface area contributed by atoms with Gasteiger partial charge in [-0.15, -0.1) is 10.2 Å². The SMILES string of the molecule is Cc1ccc(-c2ccc(SCc3ccc(C(F)(F)F)cc3)nn2)c(C)c1. The molecule has 0 saturated heterocycles. The molecule has 0 N–H and O–H groups in total. The molecule has 2 nitrogen and oxygen atoms in total. The van der Waals surface area contributed by atoms with E-state index in [1.165, 1.54) is 29.5 Å². The second-order valence-electron chi connectivity index (χ2n) is 6.06. The largest absolute Gasteiger partial charge is 0.416 e. The first-order valence-electron chi connectivity index (χ1n) is 8.03. The highest BCUT2D eigenvalue weighted by molar-refractivity contribution is 7.98. The lowest BCUT2D eigenvalue weighted by Crippen LogP contribution is -2.04. The number of hydrogen-bond acceptors (Lipinski definition) is 3. The Kier molecular flexibility index (Phi) is 5.32. The zero-order chi connectivity index (χ0) is 18.7. The first-order valence-corrected chi connectivity index (χ1v) is 9.02. The third kappa shape index (κ3) is 4.43. The van der Waals surface area contributed by atoms with Crippen LogP contribution in [0.2, 0.25) is 0 Å². The fraction of sp³-hybridized carbons (Fsp3) is 0.200. The van der Waals surface area contributed by atoms with E-state index < -0.39 is 11.7 Å². The molecule has 0 radical (unpaired) electrons. The van der Waals surface area contributed by atoms with E-state index in [1.54, 1.807) is 0 Å². The van der Waals surface area contributed by atoms with E-state index in [0.717, 1.165) is 39.5 Å². The topological polar surface area (TPSA) is 25.8 Å². The van der Waals surface area contributed by atoms with Gasteiger partial charge >= 0.3 is 6.18 Å². The number of nitrogens with zero attached hydrogens (tertiary/aromatic N) is 2. The summed E-state index contributed by atoms with van der Waals surface area (Å²) < 4.78 is 37.7. The van der Waals surface area contributed by atoms with E-state index >= 15 is 0 Å². The molecular formula is C20H17F3N2S. The van der Waals surface area contributed by atoms with Crippen LogP contribution in [0.1, 0.15) is 22.3 Å². The second kappa shape index (κ2) is 7.50. The van der Waals surface area contributed by atoms with Gasteiger partial charge in [0, 0.05) is 11.3 Å². The molecule has 0 aliphatic rings. The Morgan fingerprint density at radius 2 is 1.62 bits per heavy atom. The van der Waals surface area contributed by atoms with Crippen molar-refractivity contribution in [3.8, 4) is 11.3 Å². The third-order valence-electron chi connectivity index (χ3n) is 3.97. The van der Waals surface area contributed by atoms with Crippen LogP contribution in [0, 0.1) is 13.8 Å². The molecule has 3 aromatic rings. The van der Waals surface area contributed by atoms with Crippen LogP contribution < -0.4 is 0 Å². The predicted molar refractivity (Wildman–Crippen MR) is 97.9 cm³/mol. The molecule has 1 heterocycles. The van der Waals surface area contributed by atoms with Crippen molar-refractivity contribution in [1.29, 1.82) is 0 Å².